The summed E-state index contributed by atoms with van der Waals surface area (Å²) in [6.07, 6.45) is 0. The second kappa shape index (κ2) is 6.26. The number of hydrogen-bond acceptors (Lipinski definition) is 5. The summed E-state index contributed by atoms with van der Waals surface area (Å²) in [6, 6.07) is 6.67. The van der Waals surface area contributed by atoms with Crippen LogP contribution in [0.1, 0.15) is 10.6 Å². The molecule has 1 aromatic heterocycles. The SMILES string of the molecule is CNC(=O)[C@H]1COC2(CN(C(=O)c3cc4cc(Cl)ccc4o3)C2)CN1C. The van der Waals surface area contributed by atoms with Gasteiger partial charge in [-0.2, -0.15) is 0 Å². The van der Waals surface area contributed by atoms with Crippen molar-refractivity contribution < 1.29 is 18.7 Å². The molecule has 0 bridgehead atoms. The van der Waals surface area contributed by atoms with Crippen LogP contribution in [0.2, 0.25) is 5.02 Å². The van der Waals surface area contributed by atoms with Crippen molar-refractivity contribution >= 4 is 34.4 Å². The number of morpholine rings is 1. The molecule has 1 atom stereocenters. The van der Waals surface area contributed by atoms with E-state index in [9.17, 15) is 9.59 Å². The predicted molar refractivity (Wildman–Crippen MR) is 96.3 cm³/mol. The molecule has 2 aliphatic rings. The van der Waals surface area contributed by atoms with Crippen LogP contribution in [0.25, 0.3) is 11.0 Å². The Kier molecular flexibility index (Phi) is 4.17. The van der Waals surface area contributed by atoms with Crippen molar-refractivity contribution in [3.05, 3.63) is 35.0 Å². The van der Waals surface area contributed by atoms with Crippen molar-refractivity contribution in [1.82, 2.24) is 15.1 Å². The van der Waals surface area contributed by atoms with Gasteiger partial charge >= 0.3 is 0 Å². The van der Waals surface area contributed by atoms with Crippen LogP contribution < -0.4 is 5.32 Å². The van der Waals surface area contributed by atoms with Gasteiger partial charge in [0.25, 0.3) is 5.91 Å². The maximum Gasteiger partial charge on any atom is 0.289 e. The molecular weight excluding hydrogens is 358 g/mol. The van der Waals surface area contributed by atoms with E-state index < -0.39 is 5.60 Å². The van der Waals surface area contributed by atoms with E-state index in [0.29, 0.717) is 42.6 Å². The van der Waals surface area contributed by atoms with Crippen LogP contribution in [-0.2, 0) is 9.53 Å². The van der Waals surface area contributed by atoms with E-state index in [1.807, 2.05) is 11.9 Å². The fourth-order valence-corrected chi connectivity index (χ4v) is 3.88. The lowest BCUT2D eigenvalue weighted by atomic mass is 9.90. The maximum atomic E-state index is 12.7. The average molecular weight is 378 g/mol. The Balaban J connectivity index is 1.42. The maximum absolute atomic E-state index is 12.7. The normalized spacial score (nSPS) is 22.4. The Bertz CT molecular complexity index is 874. The lowest BCUT2D eigenvalue weighted by Gasteiger charge is -2.54. The van der Waals surface area contributed by atoms with E-state index in [1.165, 1.54) is 0 Å². The first-order valence-electron chi connectivity index (χ1n) is 8.45. The molecule has 0 unspecified atom stereocenters. The molecule has 26 heavy (non-hydrogen) atoms. The van der Waals surface area contributed by atoms with Crippen molar-refractivity contribution in [1.29, 1.82) is 0 Å². The van der Waals surface area contributed by atoms with E-state index >= 15 is 0 Å². The van der Waals surface area contributed by atoms with Gasteiger partial charge in [-0.15, -0.1) is 0 Å². The second-order valence-electron chi connectivity index (χ2n) is 6.99. The highest BCUT2D eigenvalue weighted by atomic mass is 35.5. The van der Waals surface area contributed by atoms with Gasteiger partial charge in [-0.05, 0) is 31.3 Å². The van der Waals surface area contributed by atoms with Gasteiger partial charge in [-0.25, -0.2) is 0 Å². The number of nitrogens with one attached hydrogen (secondary N) is 1. The van der Waals surface area contributed by atoms with Crippen LogP contribution in [0.5, 0.6) is 0 Å². The highest BCUT2D eigenvalue weighted by Crippen LogP contribution is 2.32. The van der Waals surface area contributed by atoms with Gasteiger partial charge in [0.05, 0.1) is 19.7 Å². The summed E-state index contributed by atoms with van der Waals surface area (Å²) in [5.74, 6) is 0.0719. The van der Waals surface area contributed by atoms with Gasteiger partial charge in [0.15, 0.2) is 5.76 Å². The Morgan fingerprint density at radius 3 is 2.73 bits per heavy atom. The summed E-state index contributed by atoms with van der Waals surface area (Å²) in [4.78, 5) is 28.2. The molecule has 8 heteroatoms. The molecule has 0 radical (unpaired) electrons. The van der Waals surface area contributed by atoms with E-state index in [-0.39, 0.29) is 17.9 Å². The number of carbonyl (C=O) groups is 2. The van der Waals surface area contributed by atoms with Crippen LogP contribution in [0.3, 0.4) is 0 Å². The third-order valence-electron chi connectivity index (χ3n) is 5.10. The molecule has 2 aromatic rings. The number of ether oxygens (including phenoxy) is 1. The summed E-state index contributed by atoms with van der Waals surface area (Å²) in [5, 5.41) is 4.05. The molecule has 138 valence electrons. The van der Waals surface area contributed by atoms with E-state index in [2.05, 4.69) is 5.32 Å². The molecule has 1 aromatic carbocycles. The molecule has 2 aliphatic heterocycles. The molecule has 1 spiro atoms. The Morgan fingerprint density at radius 1 is 1.27 bits per heavy atom. The molecule has 7 nitrogen and oxygen atoms in total. The number of benzene rings is 1. The van der Waals surface area contributed by atoms with Crippen molar-refractivity contribution in [3.63, 3.8) is 0 Å². The highest BCUT2D eigenvalue weighted by Gasteiger charge is 2.51. The first-order valence-corrected chi connectivity index (χ1v) is 8.83. The largest absolute Gasteiger partial charge is 0.451 e. The molecule has 1 N–H and O–H groups in total. The number of furan rings is 1. The van der Waals surface area contributed by atoms with Crippen LogP contribution in [-0.4, -0.2) is 73.6 Å². The number of halogens is 1. The van der Waals surface area contributed by atoms with Crippen LogP contribution in [0.4, 0.5) is 0 Å². The van der Waals surface area contributed by atoms with E-state index in [1.54, 1.807) is 36.2 Å². The van der Waals surface area contributed by atoms with Gasteiger partial charge in [0.1, 0.15) is 17.2 Å². The van der Waals surface area contributed by atoms with Gasteiger partial charge in [0, 0.05) is 24.0 Å². The van der Waals surface area contributed by atoms with Gasteiger partial charge < -0.3 is 19.4 Å². The first-order chi connectivity index (χ1) is 12.4. The fraction of sp³-hybridized carbons (Fsp3) is 0.444. The molecular formula is C18H20ClN3O4. The number of rotatable bonds is 2. The number of fused-ring (bicyclic) bond motifs is 1. The monoisotopic (exact) mass is 377 g/mol. The predicted octanol–water partition coefficient (Wildman–Crippen LogP) is 1.36. The number of nitrogens with zero attached hydrogens (tertiary/aromatic N) is 2. The minimum Gasteiger partial charge on any atom is -0.451 e. The van der Waals surface area contributed by atoms with Crippen molar-refractivity contribution in [2.45, 2.75) is 11.6 Å². The molecule has 2 amide bonds. The first kappa shape index (κ1) is 17.3. The molecule has 3 heterocycles. The molecule has 0 saturated carbocycles. The zero-order chi connectivity index (χ0) is 18.5. The third-order valence-corrected chi connectivity index (χ3v) is 5.34. The van der Waals surface area contributed by atoms with Crippen molar-refractivity contribution in [2.75, 3.05) is 40.3 Å². The number of likely N-dealkylation sites (tertiary alicyclic amines) is 1. The number of likely N-dealkylation sites (N-methyl/N-ethyl adjacent to an activating group) is 2. The molecule has 4 rings (SSSR count). The summed E-state index contributed by atoms with van der Waals surface area (Å²) < 4.78 is 11.6. The summed E-state index contributed by atoms with van der Waals surface area (Å²) in [7, 11) is 3.52. The standard InChI is InChI=1S/C18H20ClN3O4/c1-20-16(23)13-7-25-18(8-21(13)2)9-22(10-18)17(24)15-6-11-5-12(19)3-4-14(11)26-15/h3-6,13H,7-10H2,1-2H3,(H,20,23)/t13-/m1/s1. The quantitative estimate of drug-likeness (QED) is 0.855. The third kappa shape index (κ3) is 2.86. The average Bonchev–Trinajstić information content (AvgIpc) is 3.01. The lowest BCUT2D eigenvalue weighted by molar-refractivity contribution is -0.187. The fourth-order valence-electron chi connectivity index (χ4n) is 3.70. The van der Waals surface area contributed by atoms with Crippen molar-refractivity contribution in [3.8, 4) is 0 Å². The van der Waals surface area contributed by atoms with Gasteiger partial charge in [0.2, 0.25) is 5.91 Å². The van der Waals surface area contributed by atoms with Crippen molar-refractivity contribution in [2.24, 2.45) is 0 Å². The summed E-state index contributed by atoms with van der Waals surface area (Å²) in [6.45, 7) is 1.88. The summed E-state index contributed by atoms with van der Waals surface area (Å²) in [5.41, 5.74) is 0.222. The topological polar surface area (TPSA) is 75.0 Å². The Hall–Kier alpha value is -2.09. The van der Waals surface area contributed by atoms with Gasteiger partial charge in [-0.1, -0.05) is 11.6 Å². The van der Waals surface area contributed by atoms with E-state index in [4.69, 9.17) is 20.8 Å². The molecule has 0 aliphatic carbocycles. The minimum absolute atomic E-state index is 0.0597. The Labute approximate surface area is 155 Å². The Morgan fingerprint density at radius 2 is 2.04 bits per heavy atom. The van der Waals surface area contributed by atoms with Crippen LogP contribution in [0.15, 0.2) is 28.7 Å². The van der Waals surface area contributed by atoms with Gasteiger partial charge in [-0.3, -0.25) is 14.5 Å². The minimum atomic E-state index is -0.412. The zero-order valence-electron chi connectivity index (χ0n) is 14.6. The highest BCUT2D eigenvalue weighted by molar-refractivity contribution is 6.31. The molecule has 2 fully saturated rings. The molecule has 2 saturated heterocycles. The van der Waals surface area contributed by atoms with Crippen LogP contribution >= 0.6 is 11.6 Å². The number of hydrogen-bond donors (Lipinski definition) is 1. The summed E-state index contributed by atoms with van der Waals surface area (Å²) >= 11 is 5.98. The number of carbonyl (C=O) groups excluding carboxylic acids is 2. The smallest absolute Gasteiger partial charge is 0.289 e. The zero-order valence-corrected chi connectivity index (χ0v) is 15.4. The van der Waals surface area contributed by atoms with Crippen LogP contribution in [0, 0.1) is 0 Å². The lowest BCUT2D eigenvalue weighted by Crippen LogP contribution is -2.73. The van der Waals surface area contributed by atoms with E-state index in [0.717, 1.165) is 5.39 Å². The number of amides is 2. The second-order valence-corrected chi connectivity index (χ2v) is 7.43.